The molecule has 0 saturated carbocycles. The highest BCUT2D eigenvalue weighted by atomic mass is 16.2. The summed E-state index contributed by atoms with van der Waals surface area (Å²) in [6.45, 7) is 6.71. The number of pyridine rings is 1. The number of nitrogens with zero attached hydrogens (tertiary/aromatic N) is 2. The number of hydrogen-bond acceptors (Lipinski definition) is 4. The minimum absolute atomic E-state index is 0.110. The second-order valence-electron chi connectivity index (χ2n) is 8.64. The predicted octanol–water partition coefficient (Wildman–Crippen LogP) is 1.91. The summed E-state index contributed by atoms with van der Waals surface area (Å²) in [7, 11) is 0. The van der Waals surface area contributed by atoms with Gasteiger partial charge < -0.3 is 9.47 Å². The smallest absolute Gasteiger partial charge is 0.259 e. The van der Waals surface area contributed by atoms with Crippen LogP contribution in [-0.4, -0.2) is 40.5 Å². The van der Waals surface area contributed by atoms with Crippen LogP contribution >= 0.6 is 0 Å². The fourth-order valence-electron chi connectivity index (χ4n) is 5.32. The Balaban J connectivity index is 1.46. The second-order valence-corrected chi connectivity index (χ2v) is 8.64. The van der Waals surface area contributed by atoms with E-state index in [1.165, 1.54) is 5.56 Å². The van der Waals surface area contributed by atoms with Crippen molar-refractivity contribution in [3.05, 3.63) is 45.7 Å². The molecule has 1 aromatic carbocycles. The summed E-state index contributed by atoms with van der Waals surface area (Å²) in [6, 6.07) is 6.63. The van der Waals surface area contributed by atoms with Gasteiger partial charge in [-0.05, 0) is 30.4 Å². The molecule has 28 heavy (non-hydrogen) atoms. The quantitative estimate of drug-likeness (QED) is 0.854. The van der Waals surface area contributed by atoms with Crippen molar-refractivity contribution in [3.8, 4) is 0 Å². The number of hydrazine groups is 1. The van der Waals surface area contributed by atoms with Crippen molar-refractivity contribution in [1.29, 1.82) is 0 Å². The van der Waals surface area contributed by atoms with E-state index in [0.29, 0.717) is 48.0 Å². The first-order valence-corrected chi connectivity index (χ1v) is 10.5. The molecular formula is C22H28N4O2. The predicted molar refractivity (Wildman–Crippen MR) is 109 cm³/mol. The fourth-order valence-corrected chi connectivity index (χ4v) is 5.32. The number of fused-ring (bicyclic) bond motifs is 1. The van der Waals surface area contributed by atoms with Gasteiger partial charge in [-0.2, -0.15) is 0 Å². The molecule has 0 spiro atoms. The van der Waals surface area contributed by atoms with Crippen LogP contribution in [0.1, 0.15) is 42.6 Å². The standard InChI is InChI=1S/C22H28N4O2/c1-3-13(2)19-16-11-26(10-8-18(16)23-24-19)22(28)17-12-25-9-7-14-5-4-6-15(20(14)25)21(17)27/h4-6,12-13,16,18-19,23-24H,3,7-11H2,1-2H3. The van der Waals surface area contributed by atoms with E-state index >= 15 is 0 Å². The Morgan fingerprint density at radius 1 is 1.29 bits per heavy atom. The number of para-hydroxylation sites is 1. The van der Waals surface area contributed by atoms with Gasteiger partial charge in [0.1, 0.15) is 5.56 Å². The van der Waals surface area contributed by atoms with Gasteiger partial charge >= 0.3 is 0 Å². The summed E-state index contributed by atoms with van der Waals surface area (Å²) in [5.74, 6) is 0.821. The maximum atomic E-state index is 13.4. The van der Waals surface area contributed by atoms with Gasteiger partial charge in [-0.15, -0.1) is 0 Å². The highest BCUT2D eigenvalue weighted by molar-refractivity contribution is 5.98. The summed E-state index contributed by atoms with van der Waals surface area (Å²) in [4.78, 5) is 28.4. The number of carbonyl (C=O) groups excluding carboxylic acids is 1. The number of carbonyl (C=O) groups is 1. The SMILES string of the molecule is CCC(C)C1NNC2CCN(C(=O)c3cn4c5c(cccc5c3=O)CC4)CC21. The summed E-state index contributed by atoms with van der Waals surface area (Å²) < 4.78 is 2.09. The van der Waals surface area contributed by atoms with Crippen molar-refractivity contribution < 1.29 is 4.79 Å². The van der Waals surface area contributed by atoms with Gasteiger partial charge in [0.2, 0.25) is 5.43 Å². The van der Waals surface area contributed by atoms with Crippen molar-refractivity contribution in [1.82, 2.24) is 20.3 Å². The first kappa shape index (κ1) is 17.9. The highest BCUT2D eigenvalue weighted by Gasteiger charge is 2.42. The summed E-state index contributed by atoms with van der Waals surface area (Å²) in [5, 5.41) is 0.678. The molecule has 1 amide bonds. The number of rotatable bonds is 3. The Labute approximate surface area is 164 Å². The summed E-state index contributed by atoms with van der Waals surface area (Å²) in [6.07, 6.45) is 4.75. The van der Waals surface area contributed by atoms with Gasteiger partial charge in [0.05, 0.1) is 5.52 Å². The number of aryl methyl sites for hydroxylation is 2. The Morgan fingerprint density at radius 2 is 2.14 bits per heavy atom. The van der Waals surface area contributed by atoms with Crippen LogP contribution in [0.15, 0.2) is 29.2 Å². The van der Waals surface area contributed by atoms with Crippen molar-refractivity contribution in [2.45, 2.75) is 51.7 Å². The normalized spacial score (nSPS) is 27.2. The molecule has 2 N–H and O–H groups in total. The van der Waals surface area contributed by atoms with E-state index in [1.807, 2.05) is 17.0 Å². The van der Waals surface area contributed by atoms with Gasteiger partial charge in [0, 0.05) is 49.2 Å². The fraction of sp³-hybridized carbons (Fsp3) is 0.545. The topological polar surface area (TPSA) is 66.4 Å². The molecule has 6 nitrogen and oxygen atoms in total. The number of likely N-dealkylation sites (tertiary alicyclic amines) is 1. The van der Waals surface area contributed by atoms with E-state index < -0.39 is 0 Å². The Bertz CT molecular complexity index is 998. The highest BCUT2D eigenvalue weighted by Crippen LogP contribution is 2.30. The third-order valence-electron chi connectivity index (χ3n) is 7.13. The third kappa shape index (κ3) is 2.62. The maximum absolute atomic E-state index is 13.4. The van der Waals surface area contributed by atoms with Crippen LogP contribution in [0.2, 0.25) is 0 Å². The van der Waals surface area contributed by atoms with Crippen LogP contribution in [0.5, 0.6) is 0 Å². The summed E-state index contributed by atoms with van der Waals surface area (Å²) >= 11 is 0. The molecule has 5 rings (SSSR count). The molecule has 1 aromatic heterocycles. The lowest BCUT2D eigenvalue weighted by molar-refractivity contribution is 0.0638. The van der Waals surface area contributed by atoms with Gasteiger partial charge in [-0.25, -0.2) is 0 Å². The molecule has 4 heterocycles. The van der Waals surface area contributed by atoms with Gasteiger partial charge in [-0.3, -0.25) is 20.4 Å². The van der Waals surface area contributed by atoms with E-state index in [9.17, 15) is 9.59 Å². The molecule has 3 aliphatic heterocycles. The lowest BCUT2D eigenvalue weighted by atomic mass is 9.82. The van der Waals surface area contributed by atoms with Crippen LogP contribution in [0, 0.1) is 11.8 Å². The second kappa shape index (κ2) is 6.71. The van der Waals surface area contributed by atoms with E-state index in [1.54, 1.807) is 6.20 Å². The molecule has 148 valence electrons. The van der Waals surface area contributed by atoms with Crippen LogP contribution in [0.3, 0.4) is 0 Å². The number of amides is 1. The number of hydrogen-bond donors (Lipinski definition) is 2. The molecule has 2 fully saturated rings. The first-order valence-electron chi connectivity index (χ1n) is 10.5. The number of benzene rings is 1. The van der Waals surface area contributed by atoms with E-state index in [4.69, 9.17) is 0 Å². The molecule has 6 heteroatoms. The van der Waals surface area contributed by atoms with Crippen molar-refractivity contribution in [2.75, 3.05) is 13.1 Å². The lowest BCUT2D eigenvalue weighted by Crippen LogP contribution is -2.50. The van der Waals surface area contributed by atoms with E-state index in [2.05, 4.69) is 35.3 Å². The monoisotopic (exact) mass is 380 g/mol. The maximum Gasteiger partial charge on any atom is 0.259 e. The number of aromatic nitrogens is 1. The summed E-state index contributed by atoms with van der Waals surface area (Å²) in [5.41, 5.74) is 9.29. The average Bonchev–Trinajstić information content (AvgIpc) is 3.34. The van der Waals surface area contributed by atoms with Crippen molar-refractivity contribution in [2.24, 2.45) is 11.8 Å². The molecule has 2 aromatic rings. The zero-order chi connectivity index (χ0) is 19.4. The van der Waals surface area contributed by atoms with Crippen LogP contribution in [-0.2, 0) is 13.0 Å². The molecule has 4 atom stereocenters. The van der Waals surface area contributed by atoms with E-state index in [-0.39, 0.29) is 11.3 Å². The Hall–Kier alpha value is -2.18. The lowest BCUT2D eigenvalue weighted by Gasteiger charge is -2.37. The van der Waals surface area contributed by atoms with Crippen LogP contribution < -0.4 is 16.3 Å². The minimum Gasteiger partial charge on any atom is -0.346 e. The minimum atomic E-state index is -0.122. The molecular weight excluding hydrogens is 352 g/mol. The zero-order valence-corrected chi connectivity index (χ0v) is 16.6. The largest absolute Gasteiger partial charge is 0.346 e. The molecule has 2 saturated heterocycles. The van der Waals surface area contributed by atoms with Gasteiger partial charge in [-0.1, -0.05) is 32.4 Å². The van der Waals surface area contributed by atoms with Gasteiger partial charge in [0.25, 0.3) is 5.91 Å². The first-order chi connectivity index (χ1) is 13.6. The Kier molecular flexibility index (Phi) is 4.29. The van der Waals surface area contributed by atoms with Crippen molar-refractivity contribution in [3.63, 3.8) is 0 Å². The van der Waals surface area contributed by atoms with Crippen molar-refractivity contribution >= 4 is 16.8 Å². The number of piperidine rings is 1. The van der Waals surface area contributed by atoms with Crippen LogP contribution in [0.4, 0.5) is 0 Å². The van der Waals surface area contributed by atoms with E-state index in [0.717, 1.165) is 31.3 Å². The van der Waals surface area contributed by atoms with Crippen LogP contribution in [0.25, 0.3) is 10.9 Å². The molecule has 0 bridgehead atoms. The molecule has 3 aliphatic rings. The number of nitrogens with one attached hydrogen (secondary N) is 2. The average molecular weight is 380 g/mol. The molecule has 4 unspecified atom stereocenters. The van der Waals surface area contributed by atoms with Gasteiger partial charge in [0.15, 0.2) is 0 Å². The third-order valence-corrected chi connectivity index (χ3v) is 7.13. The molecule has 0 aliphatic carbocycles. The molecule has 0 radical (unpaired) electrons. The zero-order valence-electron chi connectivity index (χ0n) is 16.6. The Morgan fingerprint density at radius 3 is 2.96 bits per heavy atom.